The topological polar surface area (TPSA) is 94.2 Å². The second kappa shape index (κ2) is 6.10. The molecule has 0 fully saturated rings. The van der Waals surface area contributed by atoms with E-state index in [1.54, 1.807) is 10.7 Å². The molecule has 0 aliphatic carbocycles. The van der Waals surface area contributed by atoms with E-state index < -0.39 is 15.7 Å². The molecule has 4 rings (SSSR count). The van der Waals surface area contributed by atoms with Crippen molar-refractivity contribution in [3.63, 3.8) is 0 Å². The molecule has 0 bridgehead atoms. The molecule has 0 atom stereocenters. The van der Waals surface area contributed by atoms with Crippen LogP contribution in [0.15, 0.2) is 45.5 Å². The fourth-order valence-corrected chi connectivity index (χ4v) is 4.65. The van der Waals surface area contributed by atoms with E-state index in [-0.39, 0.29) is 17.3 Å². The van der Waals surface area contributed by atoms with Crippen LogP contribution in [0.2, 0.25) is 0 Å². The van der Waals surface area contributed by atoms with Gasteiger partial charge in [0.2, 0.25) is 0 Å². The summed E-state index contributed by atoms with van der Waals surface area (Å²) in [5, 5.41) is 7.17. The Bertz CT molecular complexity index is 1110. The van der Waals surface area contributed by atoms with Crippen LogP contribution in [0.4, 0.5) is 5.82 Å². The predicted molar refractivity (Wildman–Crippen MR) is 99.0 cm³/mol. The number of anilines is 1. The number of carbonyl (C=O) groups is 1. The highest BCUT2D eigenvalue weighted by molar-refractivity contribution is 9.10. The Balaban J connectivity index is 1.78. The van der Waals surface area contributed by atoms with Crippen LogP contribution >= 0.6 is 15.9 Å². The number of furan rings is 1. The van der Waals surface area contributed by atoms with Crippen LogP contribution in [0.25, 0.3) is 5.69 Å². The molecule has 2 aromatic heterocycles. The molecule has 0 saturated heterocycles. The summed E-state index contributed by atoms with van der Waals surface area (Å²) in [6.07, 6.45) is 0. The minimum atomic E-state index is -3.24. The third-order valence-corrected chi connectivity index (χ3v) is 5.96. The van der Waals surface area contributed by atoms with Crippen molar-refractivity contribution in [3.8, 4) is 5.69 Å². The van der Waals surface area contributed by atoms with E-state index in [0.717, 1.165) is 11.3 Å². The number of aryl methyl sites for hydroxylation is 1. The maximum absolute atomic E-state index is 12.5. The molecule has 3 aromatic rings. The minimum absolute atomic E-state index is 0.114. The number of nitrogens with zero attached hydrogens (tertiary/aromatic N) is 2. The Morgan fingerprint density at radius 1 is 1.19 bits per heavy atom. The van der Waals surface area contributed by atoms with E-state index >= 15 is 0 Å². The molecule has 0 saturated carbocycles. The van der Waals surface area contributed by atoms with Gasteiger partial charge in [0, 0.05) is 5.56 Å². The molecule has 9 heteroatoms. The van der Waals surface area contributed by atoms with Gasteiger partial charge in [-0.05, 0) is 47.1 Å². The van der Waals surface area contributed by atoms with Gasteiger partial charge >= 0.3 is 0 Å². The fraction of sp³-hybridized carbons (Fsp3) is 0.176. The standard InChI is InChI=1S/C17H14BrN3O4S/c1-10-2-4-11(5-3-10)21-16(12-8-26(23,24)9-13(12)20-21)19-17(22)14-6-7-15(18)25-14/h2-7H,8-9H2,1H3,(H,19,22). The summed E-state index contributed by atoms with van der Waals surface area (Å²) in [5.41, 5.74) is 2.80. The Morgan fingerprint density at radius 2 is 1.92 bits per heavy atom. The van der Waals surface area contributed by atoms with E-state index in [1.807, 2.05) is 31.2 Å². The molecule has 1 aliphatic heterocycles. The van der Waals surface area contributed by atoms with Crippen molar-refractivity contribution < 1.29 is 17.6 Å². The van der Waals surface area contributed by atoms with Gasteiger partial charge in [-0.25, -0.2) is 13.1 Å². The van der Waals surface area contributed by atoms with Crippen molar-refractivity contribution in [3.05, 3.63) is 63.6 Å². The normalized spacial score (nSPS) is 15.0. The molecule has 0 unspecified atom stereocenters. The first kappa shape index (κ1) is 17.0. The predicted octanol–water partition coefficient (Wildman–Crippen LogP) is 3.22. The Labute approximate surface area is 158 Å². The van der Waals surface area contributed by atoms with E-state index in [4.69, 9.17) is 4.42 Å². The molecular formula is C17H14BrN3O4S. The van der Waals surface area contributed by atoms with E-state index in [9.17, 15) is 13.2 Å². The fourth-order valence-electron chi connectivity index (χ4n) is 2.85. The van der Waals surface area contributed by atoms with Crippen LogP contribution in [0, 0.1) is 6.92 Å². The zero-order valence-corrected chi connectivity index (χ0v) is 16.1. The molecule has 1 aliphatic rings. The number of aromatic nitrogens is 2. The van der Waals surface area contributed by atoms with Crippen LogP contribution in [-0.2, 0) is 21.3 Å². The number of nitrogens with one attached hydrogen (secondary N) is 1. The molecule has 134 valence electrons. The number of fused-ring (bicyclic) bond motifs is 1. The van der Waals surface area contributed by atoms with E-state index in [1.165, 1.54) is 6.07 Å². The molecule has 3 heterocycles. The summed E-state index contributed by atoms with van der Waals surface area (Å²) in [7, 11) is -3.24. The molecule has 7 nitrogen and oxygen atoms in total. The lowest BCUT2D eigenvalue weighted by molar-refractivity contribution is 0.0994. The van der Waals surface area contributed by atoms with Gasteiger partial charge in [-0.2, -0.15) is 5.10 Å². The molecule has 0 spiro atoms. The third-order valence-electron chi connectivity index (χ3n) is 4.10. The average Bonchev–Trinajstić information content (AvgIpc) is 3.22. The maximum atomic E-state index is 12.5. The zero-order chi connectivity index (χ0) is 18.5. The number of hydrogen-bond acceptors (Lipinski definition) is 5. The molecule has 26 heavy (non-hydrogen) atoms. The Morgan fingerprint density at radius 3 is 2.58 bits per heavy atom. The monoisotopic (exact) mass is 435 g/mol. The molecule has 0 radical (unpaired) electrons. The van der Waals surface area contributed by atoms with Crippen molar-refractivity contribution in [1.82, 2.24) is 9.78 Å². The van der Waals surface area contributed by atoms with Gasteiger partial charge in [-0.15, -0.1) is 0 Å². The lowest BCUT2D eigenvalue weighted by atomic mass is 10.2. The van der Waals surface area contributed by atoms with E-state index in [2.05, 4.69) is 26.3 Å². The molecule has 1 N–H and O–H groups in total. The van der Waals surface area contributed by atoms with Crippen molar-refractivity contribution >= 4 is 37.5 Å². The highest BCUT2D eigenvalue weighted by Crippen LogP contribution is 2.33. The number of amides is 1. The summed E-state index contributed by atoms with van der Waals surface area (Å²) >= 11 is 3.16. The number of benzene rings is 1. The second-order valence-corrected chi connectivity index (χ2v) is 8.96. The van der Waals surface area contributed by atoms with Gasteiger partial charge < -0.3 is 9.73 Å². The van der Waals surface area contributed by atoms with Crippen LogP contribution in [0.5, 0.6) is 0 Å². The van der Waals surface area contributed by atoms with Crippen molar-refractivity contribution in [2.45, 2.75) is 18.4 Å². The average molecular weight is 436 g/mol. The first-order valence-corrected chi connectivity index (χ1v) is 10.4. The summed E-state index contributed by atoms with van der Waals surface area (Å²) < 4.78 is 31.2. The Kier molecular flexibility index (Phi) is 4.00. The highest BCUT2D eigenvalue weighted by Gasteiger charge is 2.33. The lowest BCUT2D eigenvalue weighted by Gasteiger charge is -2.10. The molecular weight excluding hydrogens is 422 g/mol. The number of halogens is 1. The Hall–Kier alpha value is -2.39. The van der Waals surface area contributed by atoms with Crippen LogP contribution in [0.1, 0.15) is 27.4 Å². The highest BCUT2D eigenvalue weighted by atomic mass is 79.9. The quantitative estimate of drug-likeness (QED) is 0.681. The van der Waals surface area contributed by atoms with Gasteiger partial charge in [0.15, 0.2) is 20.3 Å². The first-order chi connectivity index (χ1) is 12.3. The third kappa shape index (κ3) is 3.08. The molecule has 1 aromatic carbocycles. The van der Waals surface area contributed by atoms with Gasteiger partial charge in [-0.3, -0.25) is 4.79 Å². The summed E-state index contributed by atoms with van der Waals surface area (Å²) in [5.74, 6) is -0.288. The zero-order valence-electron chi connectivity index (χ0n) is 13.7. The SMILES string of the molecule is Cc1ccc(-n2nc3c(c2NC(=O)c2ccc(Br)o2)CS(=O)(=O)C3)cc1. The van der Waals surface area contributed by atoms with Crippen LogP contribution in [-0.4, -0.2) is 24.1 Å². The summed E-state index contributed by atoms with van der Waals surface area (Å²) in [4.78, 5) is 12.5. The van der Waals surface area contributed by atoms with Gasteiger partial charge in [0.25, 0.3) is 5.91 Å². The van der Waals surface area contributed by atoms with Crippen molar-refractivity contribution in [2.24, 2.45) is 0 Å². The molecule has 1 amide bonds. The van der Waals surface area contributed by atoms with Crippen molar-refractivity contribution in [2.75, 3.05) is 5.32 Å². The minimum Gasteiger partial charge on any atom is -0.444 e. The number of hydrogen-bond donors (Lipinski definition) is 1. The second-order valence-electron chi connectivity index (χ2n) is 6.11. The maximum Gasteiger partial charge on any atom is 0.292 e. The van der Waals surface area contributed by atoms with Gasteiger partial charge in [-0.1, -0.05) is 17.7 Å². The van der Waals surface area contributed by atoms with Gasteiger partial charge in [0.05, 0.1) is 22.9 Å². The number of carbonyl (C=O) groups excluding carboxylic acids is 1. The smallest absolute Gasteiger partial charge is 0.292 e. The van der Waals surface area contributed by atoms with Gasteiger partial charge in [0.1, 0.15) is 5.82 Å². The van der Waals surface area contributed by atoms with Crippen LogP contribution in [0.3, 0.4) is 0 Å². The number of rotatable bonds is 3. The van der Waals surface area contributed by atoms with Crippen LogP contribution < -0.4 is 5.32 Å². The summed E-state index contributed by atoms with van der Waals surface area (Å²) in [6.45, 7) is 1.97. The summed E-state index contributed by atoms with van der Waals surface area (Å²) in [6, 6.07) is 10.7. The first-order valence-electron chi connectivity index (χ1n) is 7.77. The lowest BCUT2D eigenvalue weighted by Crippen LogP contribution is -2.16. The van der Waals surface area contributed by atoms with E-state index in [0.29, 0.717) is 21.7 Å². The number of sulfone groups is 1. The van der Waals surface area contributed by atoms with Crippen molar-refractivity contribution in [1.29, 1.82) is 0 Å². The largest absolute Gasteiger partial charge is 0.444 e.